The van der Waals surface area contributed by atoms with Crippen LogP contribution in [0.25, 0.3) is 10.2 Å². The van der Waals surface area contributed by atoms with E-state index in [1.165, 1.54) is 11.3 Å². The molecule has 0 spiro atoms. The zero-order chi connectivity index (χ0) is 11.1. The summed E-state index contributed by atoms with van der Waals surface area (Å²) in [5.74, 6) is 0. The molecule has 15 heavy (non-hydrogen) atoms. The van der Waals surface area contributed by atoms with Gasteiger partial charge in [-0.25, -0.2) is 0 Å². The van der Waals surface area contributed by atoms with Gasteiger partial charge in [0, 0.05) is 17.8 Å². The Balaban J connectivity index is 2.49. The van der Waals surface area contributed by atoms with Gasteiger partial charge in [0.2, 0.25) is 8.64 Å². The summed E-state index contributed by atoms with van der Waals surface area (Å²) in [6.07, 6.45) is 0. The summed E-state index contributed by atoms with van der Waals surface area (Å²) >= 11 is 19.1. The fourth-order valence-electron chi connectivity index (χ4n) is 1.11. The Morgan fingerprint density at radius 3 is 2.53 bits per heavy atom. The topological polar surface area (TPSA) is 26.9 Å². The van der Waals surface area contributed by atoms with Crippen LogP contribution >= 0.6 is 57.9 Å². The van der Waals surface area contributed by atoms with Crippen LogP contribution in [0.2, 0.25) is 0 Å². The molecule has 0 aliphatic carbocycles. The maximum atomic E-state index is 11.7. The normalized spacial score (nSPS) is 12.2. The first kappa shape index (κ1) is 11.6. The highest BCUT2D eigenvalue weighted by Gasteiger charge is 2.29. The number of halogens is 3. The van der Waals surface area contributed by atoms with Crippen LogP contribution in [-0.4, -0.2) is 3.12 Å². The van der Waals surface area contributed by atoms with Crippen molar-refractivity contribution in [3.8, 4) is 0 Å². The van der Waals surface area contributed by atoms with Gasteiger partial charge in [0.05, 0.1) is 0 Å². The molecule has 2 nitrogen and oxygen atoms in total. The summed E-state index contributed by atoms with van der Waals surface area (Å²) in [7, 11) is 0. The Kier molecular flexibility index (Phi) is 3.24. The quantitative estimate of drug-likeness (QED) is 0.345. The first-order valence-electron chi connectivity index (χ1n) is 3.84. The van der Waals surface area contributed by atoms with Crippen LogP contribution in [0.3, 0.4) is 0 Å². The maximum Gasteiger partial charge on any atom is 0.313 e. The van der Waals surface area contributed by atoms with E-state index in [0.29, 0.717) is 9.86 Å². The highest BCUT2D eigenvalue weighted by molar-refractivity contribution is 8.06. The minimum absolute atomic E-state index is 0.427. The first-order chi connectivity index (χ1) is 6.97. The number of rotatable bonds is 1. The molecule has 1 aromatic carbocycles. The molecule has 2 rings (SSSR count). The summed E-state index contributed by atoms with van der Waals surface area (Å²) in [6, 6.07) is 7.26. The molecule has 0 radical (unpaired) electrons. The van der Waals surface area contributed by atoms with Crippen molar-refractivity contribution in [2.75, 3.05) is 0 Å². The summed E-state index contributed by atoms with van der Waals surface area (Å²) < 4.78 is 0.583. The number of benzene rings is 1. The number of hydrogen-bond acceptors (Lipinski definition) is 3. The molecule has 7 heteroatoms. The van der Waals surface area contributed by atoms with Crippen LogP contribution in [0.1, 0.15) is 0 Å². The molecule has 1 heterocycles. The van der Waals surface area contributed by atoms with Gasteiger partial charge in [0.1, 0.15) is 4.70 Å². The van der Waals surface area contributed by atoms with Gasteiger partial charge in [0.15, 0.2) is 0 Å². The fourth-order valence-corrected chi connectivity index (χ4v) is 4.14. The van der Waals surface area contributed by atoms with Gasteiger partial charge in [-0.05, 0) is 6.07 Å². The number of thiazole rings is 1. The Hall–Kier alpha value is 0.130. The molecule has 0 saturated carbocycles. The van der Waals surface area contributed by atoms with Crippen molar-refractivity contribution in [1.29, 1.82) is 0 Å². The van der Waals surface area contributed by atoms with Gasteiger partial charge in [-0.15, -0.1) is 4.73 Å². The van der Waals surface area contributed by atoms with Gasteiger partial charge in [-0.1, -0.05) is 58.3 Å². The van der Waals surface area contributed by atoms with Gasteiger partial charge in [0.25, 0.3) is 0 Å². The van der Waals surface area contributed by atoms with E-state index in [1.807, 2.05) is 12.1 Å². The molecule has 0 unspecified atom stereocenters. The highest BCUT2D eigenvalue weighted by atomic mass is 35.6. The number of para-hydroxylation sites is 1. The van der Waals surface area contributed by atoms with Gasteiger partial charge in [-0.3, -0.25) is 0 Å². The predicted molar refractivity (Wildman–Crippen MR) is 66.9 cm³/mol. The molecule has 2 aromatic rings. The van der Waals surface area contributed by atoms with Crippen molar-refractivity contribution >= 4 is 68.1 Å². The summed E-state index contributed by atoms with van der Waals surface area (Å²) in [5.41, 5.74) is 0.597. The third kappa shape index (κ3) is 2.63. The van der Waals surface area contributed by atoms with Crippen molar-refractivity contribution in [1.82, 2.24) is 0 Å². The van der Waals surface area contributed by atoms with Crippen LogP contribution in [0.15, 0.2) is 28.6 Å². The van der Waals surface area contributed by atoms with Crippen LogP contribution in [0.4, 0.5) is 0 Å². The third-order valence-corrected chi connectivity index (χ3v) is 4.32. The molecule has 1 aromatic heterocycles. The molecule has 0 amide bonds. The average Bonchev–Trinajstić information content (AvgIpc) is 2.42. The zero-order valence-electron chi connectivity index (χ0n) is 7.12. The highest BCUT2D eigenvalue weighted by Crippen LogP contribution is 2.44. The summed E-state index contributed by atoms with van der Waals surface area (Å²) in [5, 5.41) is 11.7. The Labute approximate surface area is 109 Å². The van der Waals surface area contributed by atoms with Crippen LogP contribution in [-0.2, 0) is 0 Å². The summed E-state index contributed by atoms with van der Waals surface area (Å²) in [6.45, 7) is 0. The number of alkyl halides is 3. The fraction of sp³-hybridized carbons (Fsp3) is 0.125. The molecule has 0 aliphatic heterocycles. The lowest BCUT2D eigenvalue weighted by molar-refractivity contribution is -0.611. The molecule has 0 N–H and O–H groups in total. The smallest absolute Gasteiger partial charge is 0.313 e. The number of nitrogens with zero attached hydrogens (tertiary/aromatic N) is 1. The lowest BCUT2D eigenvalue weighted by atomic mass is 10.3. The molecule has 0 saturated heterocycles. The first-order valence-corrected chi connectivity index (χ1v) is 6.61. The largest absolute Gasteiger partial charge is 0.617 e. The van der Waals surface area contributed by atoms with E-state index < -0.39 is 3.12 Å². The molecule has 0 fully saturated rings. The Morgan fingerprint density at radius 2 is 1.93 bits per heavy atom. The number of hydrogen-bond donors (Lipinski definition) is 0. The SMILES string of the molecule is [O-][n+]1c(SC(Cl)(Cl)Cl)sc2ccccc21. The number of fused-ring (bicyclic) bond motifs is 1. The predicted octanol–water partition coefficient (Wildman–Crippen LogP) is 3.95. The van der Waals surface area contributed by atoms with Gasteiger partial charge < -0.3 is 5.21 Å². The number of aromatic nitrogens is 1. The van der Waals surface area contributed by atoms with E-state index in [0.717, 1.165) is 21.2 Å². The third-order valence-electron chi connectivity index (χ3n) is 1.65. The van der Waals surface area contributed by atoms with Crippen molar-refractivity contribution in [3.63, 3.8) is 0 Å². The summed E-state index contributed by atoms with van der Waals surface area (Å²) in [4.78, 5) is 0. The lowest BCUT2D eigenvalue weighted by Gasteiger charge is -2.05. The number of thioether (sulfide) groups is 1. The minimum Gasteiger partial charge on any atom is -0.617 e. The molecule has 0 bridgehead atoms. The van der Waals surface area contributed by atoms with Crippen LogP contribution in [0.5, 0.6) is 0 Å². The molecule has 80 valence electrons. The zero-order valence-corrected chi connectivity index (χ0v) is 11.0. The second-order valence-corrected chi connectivity index (χ2v) is 8.12. The van der Waals surface area contributed by atoms with Crippen LogP contribution in [0, 0.1) is 5.21 Å². The van der Waals surface area contributed by atoms with E-state index in [-0.39, 0.29) is 0 Å². The van der Waals surface area contributed by atoms with E-state index in [9.17, 15) is 5.21 Å². The molecular weight excluding hydrogens is 297 g/mol. The molecule has 0 aliphatic rings. The van der Waals surface area contributed by atoms with E-state index in [2.05, 4.69) is 0 Å². The Morgan fingerprint density at radius 1 is 1.27 bits per heavy atom. The van der Waals surface area contributed by atoms with Crippen molar-refractivity contribution in [2.45, 2.75) is 7.46 Å². The average molecular weight is 301 g/mol. The van der Waals surface area contributed by atoms with E-state index >= 15 is 0 Å². The van der Waals surface area contributed by atoms with Crippen molar-refractivity contribution < 1.29 is 4.73 Å². The van der Waals surface area contributed by atoms with E-state index in [1.54, 1.807) is 12.1 Å². The van der Waals surface area contributed by atoms with Crippen molar-refractivity contribution in [2.24, 2.45) is 0 Å². The van der Waals surface area contributed by atoms with E-state index in [4.69, 9.17) is 34.8 Å². The lowest BCUT2D eigenvalue weighted by Crippen LogP contribution is -2.26. The minimum atomic E-state index is -1.51. The standard InChI is InChI=1S/C8H4Cl3NOS2/c9-8(10,11)15-7-12(13)5-3-1-2-4-6(5)14-7/h1-4H. The monoisotopic (exact) mass is 299 g/mol. The van der Waals surface area contributed by atoms with Crippen molar-refractivity contribution in [3.05, 3.63) is 29.5 Å². The molecule has 0 atom stereocenters. The van der Waals surface area contributed by atoms with Gasteiger partial charge in [-0.2, -0.15) is 0 Å². The maximum absolute atomic E-state index is 11.7. The van der Waals surface area contributed by atoms with Crippen LogP contribution < -0.4 is 4.73 Å². The second kappa shape index (κ2) is 4.18. The second-order valence-electron chi connectivity index (χ2n) is 2.68. The van der Waals surface area contributed by atoms with Gasteiger partial charge >= 0.3 is 4.34 Å². The Bertz CT molecular complexity index is 494. The molecular formula is C8H4Cl3NOS2.